The molecule has 5 rings (SSSR count). The molecule has 2 N–H and O–H groups in total. The molecule has 3 aromatic carbocycles. The van der Waals surface area contributed by atoms with Crippen molar-refractivity contribution in [1.82, 2.24) is 0 Å². The summed E-state index contributed by atoms with van der Waals surface area (Å²) in [7, 11) is -4.07. The molecular weight excluding hydrogens is 434 g/mol. The minimum Gasteiger partial charge on any atom is -0.439 e. The van der Waals surface area contributed by atoms with E-state index in [-0.39, 0.29) is 28.7 Å². The average Bonchev–Trinajstić information content (AvgIpc) is 2.82. The molecule has 164 valence electrons. The third-order valence-corrected chi connectivity index (χ3v) is 7.95. The normalized spacial score (nSPS) is 18.8. The van der Waals surface area contributed by atoms with E-state index in [0.29, 0.717) is 16.8 Å². The molecule has 2 aliphatic rings. The van der Waals surface area contributed by atoms with E-state index < -0.39 is 15.9 Å². The number of aryl methyl sites for hydroxylation is 1. The van der Waals surface area contributed by atoms with Gasteiger partial charge in [0.2, 0.25) is 5.88 Å². The molecule has 1 atom stereocenters. The van der Waals surface area contributed by atoms with Gasteiger partial charge in [0, 0.05) is 5.56 Å². The minimum absolute atomic E-state index is 0.0340. The Hall–Kier alpha value is -4.02. The number of rotatable bonds is 3. The lowest BCUT2D eigenvalue weighted by Gasteiger charge is -2.38. The minimum atomic E-state index is -4.07. The van der Waals surface area contributed by atoms with Gasteiger partial charge in [-0.2, -0.15) is 5.26 Å². The maximum absolute atomic E-state index is 14.2. The van der Waals surface area contributed by atoms with Crippen molar-refractivity contribution in [2.75, 3.05) is 4.31 Å². The Kier molecular flexibility index (Phi) is 4.95. The topological polar surface area (TPSA) is 96.4 Å². The Labute approximate surface area is 192 Å². The van der Waals surface area contributed by atoms with E-state index in [0.717, 1.165) is 11.1 Å². The monoisotopic (exact) mass is 455 g/mol. The van der Waals surface area contributed by atoms with Crippen molar-refractivity contribution < 1.29 is 13.2 Å². The zero-order chi connectivity index (χ0) is 23.2. The quantitative estimate of drug-likeness (QED) is 0.626. The van der Waals surface area contributed by atoms with Gasteiger partial charge in [-0.3, -0.25) is 4.31 Å². The van der Waals surface area contributed by atoms with Crippen molar-refractivity contribution >= 4 is 21.5 Å². The van der Waals surface area contributed by atoms with Gasteiger partial charge in [0.25, 0.3) is 10.0 Å². The molecule has 0 unspecified atom stereocenters. The Morgan fingerprint density at radius 3 is 2.39 bits per heavy atom. The van der Waals surface area contributed by atoms with Gasteiger partial charge in [0.15, 0.2) is 5.76 Å². The molecule has 6 nitrogen and oxygen atoms in total. The highest BCUT2D eigenvalue weighted by Crippen LogP contribution is 2.51. The van der Waals surface area contributed by atoms with Crippen molar-refractivity contribution in [1.29, 1.82) is 5.26 Å². The van der Waals surface area contributed by atoms with E-state index >= 15 is 0 Å². The summed E-state index contributed by atoms with van der Waals surface area (Å²) < 4.78 is 35.6. The highest BCUT2D eigenvalue weighted by atomic mass is 32.2. The van der Waals surface area contributed by atoms with Crippen molar-refractivity contribution in [2.45, 2.75) is 19.4 Å². The largest absolute Gasteiger partial charge is 0.439 e. The van der Waals surface area contributed by atoms with Gasteiger partial charge in [-0.05, 0) is 35.7 Å². The lowest BCUT2D eigenvalue weighted by molar-refractivity contribution is 0.357. The molecule has 0 fully saturated rings. The number of nitriles is 1. The Morgan fingerprint density at radius 1 is 1.00 bits per heavy atom. The van der Waals surface area contributed by atoms with E-state index in [1.54, 1.807) is 24.3 Å². The number of allylic oxidation sites excluding steroid dienone is 2. The first kappa shape index (κ1) is 20.9. The summed E-state index contributed by atoms with van der Waals surface area (Å²) in [4.78, 5) is 0.0340. The van der Waals surface area contributed by atoms with Crippen molar-refractivity contribution in [3.05, 3.63) is 117 Å². The van der Waals surface area contributed by atoms with E-state index in [1.165, 1.54) is 4.31 Å². The predicted molar refractivity (Wildman–Crippen MR) is 127 cm³/mol. The number of sulfonamides is 1. The highest BCUT2D eigenvalue weighted by Gasteiger charge is 2.47. The van der Waals surface area contributed by atoms with Crippen LogP contribution < -0.4 is 10.0 Å². The van der Waals surface area contributed by atoms with E-state index in [2.05, 4.69) is 6.07 Å². The number of hydrogen-bond donors (Lipinski definition) is 1. The molecule has 0 saturated carbocycles. The Balaban J connectivity index is 1.77. The van der Waals surface area contributed by atoms with E-state index in [4.69, 9.17) is 10.5 Å². The predicted octanol–water partition coefficient (Wildman–Crippen LogP) is 4.52. The molecule has 0 saturated heterocycles. The first-order chi connectivity index (χ1) is 15.9. The SMILES string of the molecule is Cc1ccccc1CN1c2ccccc2C2=C([C@@H](c3ccccc3)C(C#N)=C(N)O2)S1(=O)=O. The molecule has 0 aliphatic carbocycles. The third kappa shape index (κ3) is 3.27. The van der Waals surface area contributed by atoms with Crippen LogP contribution in [0.4, 0.5) is 5.69 Å². The highest BCUT2D eigenvalue weighted by molar-refractivity contribution is 7.96. The number of benzene rings is 3. The number of hydrogen-bond acceptors (Lipinski definition) is 5. The lowest BCUT2D eigenvalue weighted by Crippen LogP contribution is -2.39. The first-order valence-corrected chi connectivity index (χ1v) is 11.9. The van der Waals surface area contributed by atoms with Gasteiger partial charge in [-0.25, -0.2) is 8.42 Å². The summed E-state index contributed by atoms with van der Waals surface area (Å²) in [5.74, 6) is -0.767. The van der Waals surface area contributed by atoms with Crippen LogP contribution in [0.3, 0.4) is 0 Å². The zero-order valence-electron chi connectivity index (χ0n) is 17.9. The lowest BCUT2D eigenvalue weighted by atomic mass is 9.88. The maximum atomic E-state index is 14.2. The van der Waals surface area contributed by atoms with Gasteiger partial charge in [0.1, 0.15) is 16.5 Å². The molecule has 7 heteroatoms. The van der Waals surface area contributed by atoms with Gasteiger partial charge in [-0.15, -0.1) is 0 Å². The molecule has 3 aromatic rings. The van der Waals surface area contributed by atoms with Crippen LogP contribution in [0.15, 0.2) is 95.2 Å². The fourth-order valence-electron chi connectivity index (χ4n) is 4.40. The van der Waals surface area contributed by atoms with Crippen molar-refractivity contribution in [2.24, 2.45) is 5.73 Å². The van der Waals surface area contributed by atoms with Crippen LogP contribution in [-0.2, 0) is 21.3 Å². The van der Waals surface area contributed by atoms with Crippen LogP contribution in [0.25, 0.3) is 5.76 Å². The second kappa shape index (κ2) is 7.84. The molecule has 0 bridgehead atoms. The third-order valence-electron chi connectivity index (χ3n) is 6.07. The molecule has 2 aliphatic heterocycles. The molecule has 0 aromatic heterocycles. The first-order valence-electron chi connectivity index (χ1n) is 10.5. The number of ether oxygens (including phenoxy) is 1. The van der Waals surface area contributed by atoms with Crippen LogP contribution in [0.1, 0.15) is 28.2 Å². The van der Waals surface area contributed by atoms with Crippen LogP contribution in [-0.4, -0.2) is 8.42 Å². The standard InChI is InChI=1S/C26H21N3O3S/c1-17-9-5-6-12-19(17)16-29-22-14-8-7-13-20(22)24-25(33(29,30)31)23(18-10-3-2-4-11-18)21(15-27)26(28)32-24/h2-14,23H,16,28H2,1H3/t23-/m0/s1. The van der Waals surface area contributed by atoms with Crippen LogP contribution in [0.5, 0.6) is 0 Å². The summed E-state index contributed by atoms with van der Waals surface area (Å²) in [5, 5.41) is 9.89. The van der Waals surface area contributed by atoms with Gasteiger partial charge >= 0.3 is 0 Å². The summed E-state index contributed by atoms with van der Waals surface area (Å²) in [5.41, 5.74) is 9.90. The van der Waals surface area contributed by atoms with Gasteiger partial charge < -0.3 is 10.5 Å². The summed E-state index contributed by atoms with van der Waals surface area (Å²) in [6.45, 7) is 2.11. The second-order valence-corrected chi connectivity index (χ2v) is 9.81. The number of nitrogens with zero attached hydrogens (tertiary/aromatic N) is 2. The van der Waals surface area contributed by atoms with E-state index in [9.17, 15) is 13.7 Å². The fraction of sp³-hybridized carbons (Fsp3) is 0.115. The zero-order valence-corrected chi connectivity index (χ0v) is 18.7. The average molecular weight is 456 g/mol. The number of para-hydroxylation sites is 1. The molecule has 0 amide bonds. The smallest absolute Gasteiger partial charge is 0.265 e. The van der Waals surface area contributed by atoms with Crippen LogP contribution in [0, 0.1) is 18.3 Å². The second-order valence-electron chi connectivity index (χ2n) is 7.98. The van der Waals surface area contributed by atoms with Crippen LogP contribution >= 0.6 is 0 Å². The summed E-state index contributed by atoms with van der Waals surface area (Å²) >= 11 is 0. The van der Waals surface area contributed by atoms with Gasteiger partial charge in [-0.1, -0.05) is 66.7 Å². The summed E-state index contributed by atoms with van der Waals surface area (Å²) in [6, 6.07) is 26.0. The maximum Gasteiger partial charge on any atom is 0.265 e. The number of nitrogens with two attached hydrogens (primary N) is 1. The van der Waals surface area contributed by atoms with Gasteiger partial charge in [0.05, 0.1) is 18.2 Å². The van der Waals surface area contributed by atoms with Crippen molar-refractivity contribution in [3.8, 4) is 6.07 Å². The molecule has 33 heavy (non-hydrogen) atoms. The fourth-order valence-corrected chi connectivity index (χ4v) is 6.30. The van der Waals surface area contributed by atoms with Crippen LogP contribution in [0.2, 0.25) is 0 Å². The Morgan fingerprint density at radius 2 is 1.67 bits per heavy atom. The molecular formula is C26H21N3O3S. The number of anilines is 1. The molecule has 0 spiro atoms. The van der Waals surface area contributed by atoms with Crippen molar-refractivity contribution in [3.63, 3.8) is 0 Å². The molecule has 2 heterocycles. The molecule has 0 radical (unpaired) electrons. The van der Waals surface area contributed by atoms with E-state index in [1.807, 2.05) is 61.5 Å². The summed E-state index contributed by atoms with van der Waals surface area (Å²) in [6.07, 6.45) is 0. The number of fused-ring (bicyclic) bond motifs is 2. The Bertz CT molecular complexity index is 1470.